The molecule has 0 radical (unpaired) electrons. The molecule has 1 fully saturated rings. The smallest absolute Gasteiger partial charge is 0.111 e. The van der Waals surface area contributed by atoms with Crippen LogP contribution in [0.1, 0.15) is 36.2 Å². The molecule has 1 saturated carbocycles. The van der Waals surface area contributed by atoms with Crippen molar-refractivity contribution in [3.8, 4) is 6.07 Å². The number of nitrogens with one attached hydrogen (secondary N) is 1. The van der Waals surface area contributed by atoms with Crippen molar-refractivity contribution < 1.29 is 0 Å². The zero-order valence-corrected chi connectivity index (χ0v) is 16.1. The van der Waals surface area contributed by atoms with Crippen LogP contribution >= 0.6 is 0 Å². The van der Waals surface area contributed by atoms with E-state index < -0.39 is 0 Å². The molecule has 5 rings (SSSR count). The summed E-state index contributed by atoms with van der Waals surface area (Å²) in [6, 6.07) is 17.2. The average Bonchev–Trinajstić information content (AvgIpc) is 2.91. The quantitative estimate of drug-likeness (QED) is 0.755. The van der Waals surface area contributed by atoms with Crippen LogP contribution in [0.2, 0.25) is 0 Å². The highest BCUT2D eigenvalue weighted by molar-refractivity contribution is 5.80. The summed E-state index contributed by atoms with van der Waals surface area (Å²) in [5.41, 5.74) is 5.27. The van der Waals surface area contributed by atoms with E-state index in [1.165, 1.54) is 30.6 Å². The van der Waals surface area contributed by atoms with Gasteiger partial charge >= 0.3 is 0 Å². The Hall–Kier alpha value is -2.84. The molecule has 2 aliphatic rings. The van der Waals surface area contributed by atoms with Gasteiger partial charge in [0.1, 0.15) is 5.82 Å². The Morgan fingerprint density at radius 1 is 1.07 bits per heavy atom. The lowest BCUT2D eigenvalue weighted by atomic mass is 9.91. The van der Waals surface area contributed by atoms with Crippen LogP contribution in [-0.2, 0) is 19.5 Å². The summed E-state index contributed by atoms with van der Waals surface area (Å²) in [7, 11) is 0. The molecule has 1 aliphatic carbocycles. The molecule has 5 nitrogen and oxygen atoms in total. The zero-order chi connectivity index (χ0) is 18.9. The van der Waals surface area contributed by atoms with E-state index >= 15 is 0 Å². The lowest BCUT2D eigenvalue weighted by Crippen LogP contribution is -2.41. The van der Waals surface area contributed by atoms with Crippen molar-refractivity contribution in [2.45, 2.75) is 44.8 Å². The van der Waals surface area contributed by atoms with E-state index in [0.29, 0.717) is 5.56 Å². The van der Waals surface area contributed by atoms with E-state index in [-0.39, 0.29) is 0 Å². The Labute approximate surface area is 165 Å². The van der Waals surface area contributed by atoms with E-state index in [1.54, 1.807) is 0 Å². The van der Waals surface area contributed by atoms with Crippen molar-refractivity contribution >= 4 is 16.7 Å². The van der Waals surface area contributed by atoms with E-state index in [0.717, 1.165) is 55.4 Å². The SMILES string of the molecule is N#Cc1ccc(CNc2ccc3c(c2)nc2n3CCN(C3CCC3)CC2)cc1. The number of hydrogen-bond acceptors (Lipinski definition) is 4. The predicted octanol–water partition coefficient (Wildman–Crippen LogP) is 3.93. The second kappa shape index (κ2) is 7.29. The van der Waals surface area contributed by atoms with Gasteiger partial charge in [-0.15, -0.1) is 0 Å². The standard InChI is InChI=1S/C23H25N5/c24-15-17-4-6-18(7-5-17)16-25-19-8-9-22-21(14-19)26-23-10-11-27(12-13-28(22)23)20-2-1-3-20/h4-9,14,20,25H,1-3,10-13,16H2. The number of hydrogen-bond donors (Lipinski definition) is 1. The van der Waals surface area contributed by atoms with E-state index in [2.05, 4.69) is 39.1 Å². The summed E-state index contributed by atoms with van der Waals surface area (Å²) in [5, 5.41) is 12.4. The number of anilines is 1. The summed E-state index contributed by atoms with van der Waals surface area (Å²) < 4.78 is 2.42. The molecule has 28 heavy (non-hydrogen) atoms. The number of fused-ring (bicyclic) bond motifs is 3. The Morgan fingerprint density at radius 2 is 1.93 bits per heavy atom. The summed E-state index contributed by atoms with van der Waals surface area (Å²) >= 11 is 0. The van der Waals surface area contributed by atoms with Crippen LogP contribution in [0.25, 0.3) is 11.0 Å². The lowest BCUT2D eigenvalue weighted by molar-refractivity contribution is 0.130. The Morgan fingerprint density at radius 3 is 2.68 bits per heavy atom. The highest BCUT2D eigenvalue weighted by atomic mass is 15.2. The molecular weight excluding hydrogens is 346 g/mol. The van der Waals surface area contributed by atoms with E-state index in [9.17, 15) is 0 Å². The van der Waals surface area contributed by atoms with Gasteiger partial charge in [-0.05, 0) is 48.7 Å². The van der Waals surface area contributed by atoms with Gasteiger partial charge in [-0.25, -0.2) is 4.98 Å². The molecule has 0 saturated heterocycles. The molecule has 1 N–H and O–H groups in total. The van der Waals surface area contributed by atoms with Crippen molar-refractivity contribution in [2.75, 3.05) is 18.4 Å². The number of rotatable bonds is 4. The molecule has 2 aromatic carbocycles. The molecule has 0 unspecified atom stereocenters. The average molecular weight is 371 g/mol. The van der Waals surface area contributed by atoms with Crippen molar-refractivity contribution in [3.05, 3.63) is 59.4 Å². The van der Waals surface area contributed by atoms with E-state index in [1.807, 2.05) is 24.3 Å². The van der Waals surface area contributed by atoms with Crippen LogP contribution in [0, 0.1) is 11.3 Å². The minimum atomic E-state index is 0.695. The monoisotopic (exact) mass is 371 g/mol. The summed E-state index contributed by atoms with van der Waals surface area (Å²) in [4.78, 5) is 7.61. The Bertz CT molecular complexity index is 1020. The second-order valence-electron chi connectivity index (χ2n) is 7.92. The number of nitrogens with zero attached hydrogens (tertiary/aromatic N) is 4. The van der Waals surface area contributed by atoms with Gasteiger partial charge in [-0.1, -0.05) is 18.6 Å². The van der Waals surface area contributed by atoms with Crippen LogP contribution in [0.3, 0.4) is 0 Å². The normalized spacial score (nSPS) is 17.5. The Balaban J connectivity index is 1.30. The first-order valence-corrected chi connectivity index (χ1v) is 10.3. The fraction of sp³-hybridized carbons (Fsp3) is 0.391. The van der Waals surface area contributed by atoms with Crippen molar-refractivity contribution in [1.29, 1.82) is 5.26 Å². The van der Waals surface area contributed by atoms with Crippen molar-refractivity contribution in [3.63, 3.8) is 0 Å². The maximum Gasteiger partial charge on any atom is 0.111 e. The number of nitriles is 1. The van der Waals surface area contributed by atoms with Crippen molar-refractivity contribution in [1.82, 2.24) is 14.5 Å². The highest BCUT2D eigenvalue weighted by Crippen LogP contribution is 2.28. The minimum Gasteiger partial charge on any atom is -0.381 e. The molecule has 0 bridgehead atoms. The number of imidazole rings is 1. The predicted molar refractivity (Wildman–Crippen MR) is 111 cm³/mol. The molecular formula is C23H25N5. The van der Waals surface area contributed by atoms with Gasteiger partial charge < -0.3 is 9.88 Å². The van der Waals surface area contributed by atoms with Crippen LogP contribution in [0.4, 0.5) is 5.69 Å². The van der Waals surface area contributed by atoms with Crippen LogP contribution in [-0.4, -0.2) is 33.6 Å². The first-order chi connectivity index (χ1) is 13.8. The van der Waals surface area contributed by atoms with Crippen LogP contribution in [0.15, 0.2) is 42.5 Å². The van der Waals surface area contributed by atoms with Crippen LogP contribution < -0.4 is 5.32 Å². The van der Waals surface area contributed by atoms with Gasteiger partial charge in [0.15, 0.2) is 0 Å². The molecule has 1 aromatic heterocycles. The van der Waals surface area contributed by atoms with Gasteiger partial charge in [-0.3, -0.25) is 4.90 Å². The fourth-order valence-corrected chi connectivity index (χ4v) is 4.33. The second-order valence-corrected chi connectivity index (χ2v) is 7.92. The van der Waals surface area contributed by atoms with Gasteiger partial charge in [0.2, 0.25) is 0 Å². The van der Waals surface area contributed by atoms with Crippen LogP contribution in [0.5, 0.6) is 0 Å². The number of benzene rings is 2. The largest absolute Gasteiger partial charge is 0.381 e. The summed E-state index contributed by atoms with van der Waals surface area (Å²) in [5.74, 6) is 1.22. The third kappa shape index (κ3) is 3.25. The first kappa shape index (κ1) is 17.3. The highest BCUT2D eigenvalue weighted by Gasteiger charge is 2.27. The minimum absolute atomic E-state index is 0.695. The molecule has 0 amide bonds. The summed E-state index contributed by atoms with van der Waals surface area (Å²) in [6.45, 7) is 4.06. The topological polar surface area (TPSA) is 56.9 Å². The van der Waals surface area contributed by atoms with Gasteiger partial charge in [-0.2, -0.15) is 5.26 Å². The van der Waals surface area contributed by atoms with Gasteiger partial charge in [0, 0.05) is 44.3 Å². The lowest BCUT2D eigenvalue weighted by Gasteiger charge is -2.36. The number of aromatic nitrogens is 2. The Kier molecular flexibility index (Phi) is 4.50. The molecule has 3 aromatic rings. The first-order valence-electron chi connectivity index (χ1n) is 10.3. The molecule has 0 atom stereocenters. The van der Waals surface area contributed by atoms with Gasteiger partial charge in [0.05, 0.1) is 22.7 Å². The third-order valence-electron chi connectivity index (χ3n) is 6.23. The molecule has 0 spiro atoms. The fourth-order valence-electron chi connectivity index (χ4n) is 4.33. The third-order valence-corrected chi connectivity index (χ3v) is 6.23. The molecule has 5 heteroatoms. The maximum atomic E-state index is 8.90. The maximum absolute atomic E-state index is 8.90. The van der Waals surface area contributed by atoms with Crippen molar-refractivity contribution in [2.24, 2.45) is 0 Å². The van der Waals surface area contributed by atoms with Gasteiger partial charge in [0.25, 0.3) is 0 Å². The molecule has 1 aliphatic heterocycles. The molecule has 2 heterocycles. The molecule has 142 valence electrons. The van der Waals surface area contributed by atoms with E-state index in [4.69, 9.17) is 10.2 Å². The summed E-state index contributed by atoms with van der Waals surface area (Å²) in [6.07, 6.45) is 5.18. The zero-order valence-electron chi connectivity index (χ0n) is 16.1.